The molecule has 1 atom stereocenters. The first-order chi connectivity index (χ1) is 10.1. The number of amides is 1. The number of para-hydroxylation sites is 1. The standard InChI is InChI=1S/C17H17ClN2O/c1-11(2)20-16(12-6-5-7-13(18)10-12)19-15-9-4-3-8-14(15)17(20)21/h3-11,16,19H,1-2H3. The molecular formula is C17H17ClN2O. The Bertz CT molecular complexity index is 684. The molecule has 0 saturated heterocycles. The van der Waals surface area contributed by atoms with Gasteiger partial charge in [0, 0.05) is 16.8 Å². The van der Waals surface area contributed by atoms with E-state index in [0.29, 0.717) is 10.6 Å². The Labute approximate surface area is 129 Å². The van der Waals surface area contributed by atoms with Gasteiger partial charge < -0.3 is 10.2 Å². The van der Waals surface area contributed by atoms with E-state index in [1.807, 2.05) is 67.3 Å². The van der Waals surface area contributed by atoms with Crippen molar-refractivity contribution in [3.63, 3.8) is 0 Å². The maximum atomic E-state index is 12.8. The van der Waals surface area contributed by atoms with E-state index in [2.05, 4.69) is 5.32 Å². The molecule has 0 saturated carbocycles. The Morgan fingerprint density at radius 1 is 1.14 bits per heavy atom. The van der Waals surface area contributed by atoms with Gasteiger partial charge in [-0.3, -0.25) is 4.79 Å². The number of carbonyl (C=O) groups excluding carboxylic acids is 1. The van der Waals surface area contributed by atoms with E-state index in [1.165, 1.54) is 0 Å². The average Bonchev–Trinajstić information content (AvgIpc) is 2.46. The molecule has 108 valence electrons. The van der Waals surface area contributed by atoms with E-state index in [4.69, 9.17) is 11.6 Å². The zero-order valence-electron chi connectivity index (χ0n) is 12.0. The van der Waals surface area contributed by atoms with Crippen molar-refractivity contribution in [1.29, 1.82) is 0 Å². The van der Waals surface area contributed by atoms with E-state index in [9.17, 15) is 4.79 Å². The number of hydrogen-bond donors (Lipinski definition) is 1. The molecule has 1 aliphatic rings. The summed E-state index contributed by atoms with van der Waals surface area (Å²) >= 11 is 6.10. The van der Waals surface area contributed by atoms with E-state index < -0.39 is 0 Å². The predicted molar refractivity (Wildman–Crippen MR) is 85.6 cm³/mol. The molecule has 0 bridgehead atoms. The van der Waals surface area contributed by atoms with Gasteiger partial charge in [0.2, 0.25) is 0 Å². The summed E-state index contributed by atoms with van der Waals surface area (Å²) in [5.41, 5.74) is 2.56. The smallest absolute Gasteiger partial charge is 0.258 e. The Hall–Kier alpha value is -2.00. The number of hydrogen-bond acceptors (Lipinski definition) is 2. The van der Waals surface area contributed by atoms with Crippen molar-refractivity contribution >= 4 is 23.2 Å². The van der Waals surface area contributed by atoms with E-state index >= 15 is 0 Å². The third-order valence-electron chi connectivity index (χ3n) is 3.68. The summed E-state index contributed by atoms with van der Waals surface area (Å²) in [6.07, 6.45) is -0.203. The molecular weight excluding hydrogens is 284 g/mol. The number of nitrogens with one attached hydrogen (secondary N) is 1. The summed E-state index contributed by atoms with van der Waals surface area (Å²) < 4.78 is 0. The van der Waals surface area contributed by atoms with Crippen LogP contribution < -0.4 is 5.32 Å². The minimum absolute atomic E-state index is 0.0457. The first kappa shape index (κ1) is 14.0. The van der Waals surface area contributed by atoms with Crippen molar-refractivity contribution < 1.29 is 4.79 Å². The molecule has 4 heteroatoms. The second-order valence-electron chi connectivity index (χ2n) is 5.45. The summed E-state index contributed by atoms with van der Waals surface area (Å²) in [4.78, 5) is 14.6. The fourth-order valence-corrected chi connectivity index (χ4v) is 2.92. The van der Waals surface area contributed by atoms with Crippen LogP contribution >= 0.6 is 11.6 Å². The number of rotatable bonds is 2. The van der Waals surface area contributed by atoms with Crippen molar-refractivity contribution in [1.82, 2.24) is 4.90 Å². The second kappa shape index (κ2) is 5.41. The largest absolute Gasteiger partial charge is 0.361 e. The highest BCUT2D eigenvalue weighted by atomic mass is 35.5. The summed E-state index contributed by atoms with van der Waals surface area (Å²) in [6, 6.07) is 15.3. The molecule has 3 rings (SSSR count). The van der Waals surface area contributed by atoms with Gasteiger partial charge in [0.05, 0.1) is 5.56 Å². The molecule has 0 aromatic heterocycles. The van der Waals surface area contributed by atoms with Crippen molar-refractivity contribution in [3.8, 4) is 0 Å². The van der Waals surface area contributed by atoms with Gasteiger partial charge >= 0.3 is 0 Å². The first-order valence-corrected chi connectivity index (χ1v) is 7.39. The van der Waals surface area contributed by atoms with Crippen LogP contribution in [-0.2, 0) is 0 Å². The summed E-state index contributed by atoms with van der Waals surface area (Å²) in [5.74, 6) is 0.0457. The Balaban J connectivity index is 2.09. The van der Waals surface area contributed by atoms with Crippen LogP contribution in [0.5, 0.6) is 0 Å². The minimum Gasteiger partial charge on any atom is -0.361 e. The lowest BCUT2D eigenvalue weighted by Crippen LogP contribution is -2.46. The summed E-state index contributed by atoms with van der Waals surface area (Å²) in [6.45, 7) is 4.04. The molecule has 1 unspecified atom stereocenters. The number of fused-ring (bicyclic) bond motifs is 1. The average molecular weight is 301 g/mol. The molecule has 0 spiro atoms. The van der Waals surface area contributed by atoms with Crippen LogP contribution in [0.25, 0.3) is 0 Å². The predicted octanol–water partition coefficient (Wildman–Crippen LogP) is 4.31. The molecule has 1 N–H and O–H groups in total. The van der Waals surface area contributed by atoms with Crippen LogP contribution in [-0.4, -0.2) is 16.8 Å². The molecule has 21 heavy (non-hydrogen) atoms. The van der Waals surface area contributed by atoms with E-state index in [-0.39, 0.29) is 18.1 Å². The fraction of sp³-hybridized carbons (Fsp3) is 0.235. The topological polar surface area (TPSA) is 32.3 Å². The number of carbonyl (C=O) groups is 1. The van der Waals surface area contributed by atoms with Crippen molar-refractivity contribution in [2.45, 2.75) is 26.1 Å². The van der Waals surface area contributed by atoms with Crippen molar-refractivity contribution in [2.24, 2.45) is 0 Å². The van der Waals surface area contributed by atoms with Gasteiger partial charge in [0.15, 0.2) is 0 Å². The lowest BCUT2D eigenvalue weighted by Gasteiger charge is -2.40. The molecule has 3 nitrogen and oxygen atoms in total. The number of benzene rings is 2. The van der Waals surface area contributed by atoms with E-state index in [0.717, 1.165) is 11.3 Å². The third-order valence-corrected chi connectivity index (χ3v) is 3.92. The second-order valence-corrected chi connectivity index (χ2v) is 5.89. The maximum Gasteiger partial charge on any atom is 0.258 e. The molecule has 2 aromatic rings. The van der Waals surface area contributed by atoms with Crippen LogP contribution in [0.3, 0.4) is 0 Å². The lowest BCUT2D eigenvalue weighted by atomic mass is 10.0. The number of halogens is 1. The van der Waals surface area contributed by atoms with E-state index in [1.54, 1.807) is 0 Å². The highest BCUT2D eigenvalue weighted by molar-refractivity contribution is 6.30. The molecule has 2 aromatic carbocycles. The first-order valence-electron chi connectivity index (χ1n) is 7.01. The molecule has 0 fully saturated rings. The highest BCUT2D eigenvalue weighted by Crippen LogP contribution is 2.34. The molecule has 1 amide bonds. The molecule has 0 aliphatic carbocycles. The Morgan fingerprint density at radius 3 is 2.62 bits per heavy atom. The minimum atomic E-state index is -0.203. The van der Waals surface area contributed by atoms with Crippen LogP contribution in [0.1, 0.15) is 35.9 Å². The van der Waals surface area contributed by atoms with Gasteiger partial charge in [0.1, 0.15) is 6.17 Å². The van der Waals surface area contributed by atoms with Crippen molar-refractivity contribution in [3.05, 3.63) is 64.7 Å². The van der Waals surface area contributed by atoms with Crippen molar-refractivity contribution in [2.75, 3.05) is 5.32 Å². The summed E-state index contributed by atoms with van der Waals surface area (Å²) in [7, 11) is 0. The monoisotopic (exact) mass is 300 g/mol. The molecule has 1 aliphatic heterocycles. The molecule has 1 heterocycles. The van der Waals surface area contributed by atoms with Gasteiger partial charge in [-0.25, -0.2) is 0 Å². The van der Waals surface area contributed by atoms with Crippen LogP contribution in [0, 0.1) is 0 Å². The van der Waals surface area contributed by atoms with Gasteiger partial charge in [-0.2, -0.15) is 0 Å². The Morgan fingerprint density at radius 2 is 1.90 bits per heavy atom. The van der Waals surface area contributed by atoms with Gasteiger partial charge in [-0.1, -0.05) is 35.9 Å². The van der Waals surface area contributed by atoms with Crippen LogP contribution in [0.4, 0.5) is 5.69 Å². The SMILES string of the molecule is CC(C)N1C(=O)c2ccccc2NC1c1cccc(Cl)c1. The molecule has 0 radical (unpaired) electrons. The quantitative estimate of drug-likeness (QED) is 0.896. The zero-order valence-corrected chi connectivity index (χ0v) is 12.8. The third kappa shape index (κ3) is 2.49. The summed E-state index contributed by atoms with van der Waals surface area (Å²) in [5, 5.41) is 4.12. The maximum absolute atomic E-state index is 12.8. The highest BCUT2D eigenvalue weighted by Gasteiger charge is 2.34. The normalized spacial score (nSPS) is 17.6. The number of anilines is 1. The van der Waals surface area contributed by atoms with Crippen LogP contribution in [0.2, 0.25) is 5.02 Å². The van der Waals surface area contributed by atoms with Gasteiger partial charge in [-0.05, 0) is 43.7 Å². The lowest BCUT2D eigenvalue weighted by molar-refractivity contribution is 0.0617. The fourth-order valence-electron chi connectivity index (χ4n) is 2.72. The van der Waals surface area contributed by atoms with Crippen LogP contribution in [0.15, 0.2) is 48.5 Å². The number of nitrogens with zero attached hydrogens (tertiary/aromatic N) is 1. The zero-order chi connectivity index (χ0) is 15.0. The van der Waals surface area contributed by atoms with Gasteiger partial charge in [0.25, 0.3) is 5.91 Å². The Kier molecular flexibility index (Phi) is 3.60. The van der Waals surface area contributed by atoms with Gasteiger partial charge in [-0.15, -0.1) is 0 Å².